The van der Waals surface area contributed by atoms with Crippen LogP contribution in [0, 0.1) is 6.92 Å². The van der Waals surface area contributed by atoms with Gasteiger partial charge in [0.1, 0.15) is 11.8 Å². The summed E-state index contributed by atoms with van der Waals surface area (Å²) < 4.78 is 0. The van der Waals surface area contributed by atoms with E-state index in [1.165, 1.54) is 5.56 Å². The van der Waals surface area contributed by atoms with Gasteiger partial charge in [-0.25, -0.2) is 9.97 Å². The Hall–Kier alpha value is -3.74. The lowest BCUT2D eigenvalue weighted by Crippen LogP contribution is -2.34. The van der Waals surface area contributed by atoms with Gasteiger partial charge in [0.2, 0.25) is 5.91 Å². The third kappa shape index (κ3) is 6.87. The van der Waals surface area contributed by atoms with Gasteiger partial charge >= 0.3 is 0 Å². The van der Waals surface area contributed by atoms with Crippen molar-refractivity contribution < 1.29 is 9.90 Å². The van der Waals surface area contributed by atoms with E-state index >= 15 is 0 Å². The second-order valence-corrected chi connectivity index (χ2v) is 10.8. The molecule has 2 N–H and O–H groups in total. The highest BCUT2D eigenvalue weighted by molar-refractivity contribution is 6.30. The predicted molar refractivity (Wildman–Crippen MR) is 163 cm³/mol. The summed E-state index contributed by atoms with van der Waals surface area (Å²) in [4.78, 5) is 24.6. The van der Waals surface area contributed by atoms with Crippen LogP contribution in [0.15, 0.2) is 78.9 Å². The minimum absolute atomic E-state index is 0.0551. The molecule has 6 nitrogen and oxygen atoms in total. The maximum atomic E-state index is 12.2. The standard InChI is InChI=1S/C33H35ClN4O2/c1-23-12-14-24(15-13-23)30-31(25-16-18-26(34)19-17-25)37-33-32(36-30)28(39)20-22-38(33)21-8-3-2-7-11-29(40)35-27-9-5-4-6-10-27/h4-6,9-10,12-19,28,39H,2-3,7-8,11,20-22H2,1H3,(H,35,40). The van der Waals surface area contributed by atoms with Gasteiger partial charge in [-0.05, 0) is 50.5 Å². The summed E-state index contributed by atoms with van der Waals surface area (Å²) in [7, 11) is 0. The number of rotatable bonds is 10. The Bertz CT molecular complexity index is 1430. The fraction of sp³-hybridized carbons (Fsp3) is 0.303. The number of benzene rings is 3. The zero-order chi connectivity index (χ0) is 27.9. The number of aliphatic hydroxyl groups is 1. The van der Waals surface area contributed by atoms with Gasteiger partial charge in [0.25, 0.3) is 0 Å². The number of nitrogens with zero attached hydrogens (tertiary/aromatic N) is 3. The molecular weight excluding hydrogens is 520 g/mol. The fourth-order valence-electron chi connectivity index (χ4n) is 5.04. The molecule has 7 heteroatoms. The molecule has 1 aliphatic heterocycles. The monoisotopic (exact) mass is 554 g/mol. The van der Waals surface area contributed by atoms with Crippen molar-refractivity contribution >= 4 is 29.0 Å². The predicted octanol–water partition coefficient (Wildman–Crippen LogP) is 7.61. The topological polar surface area (TPSA) is 78.4 Å². The summed E-state index contributed by atoms with van der Waals surface area (Å²) in [5.74, 6) is 0.807. The number of hydrogen-bond donors (Lipinski definition) is 2. The normalized spacial score (nSPS) is 14.6. The number of hydrogen-bond acceptors (Lipinski definition) is 5. The molecule has 0 saturated heterocycles. The Morgan fingerprint density at radius 1 is 0.900 bits per heavy atom. The van der Waals surface area contributed by atoms with E-state index < -0.39 is 6.10 Å². The number of halogens is 1. The van der Waals surface area contributed by atoms with Crippen LogP contribution in [-0.2, 0) is 4.79 Å². The highest BCUT2D eigenvalue weighted by Crippen LogP contribution is 2.38. The number of amides is 1. The van der Waals surface area contributed by atoms with Gasteiger partial charge in [0, 0.05) is 41.3 Å². The number of para-hydroxylation sites is 1. The molecule has 206 valence electrons. The van der Waals surface area contributed by atoms with E-state index in [9.17, 15) is 9.90 Å². The smallest absolute Gasteiger partial charge is 0.224 e. The third-order valence-corrected chi connectivity index (χ3v) is 7.53. The Morgan fingerprint density at radius 3 is 2.27 bits per heavy atom. The van der Waals surface area contributed by atoms with Gasteiger partial charge < -0.3 is 15.3 Å². The summed E-state index contributed by atoms with van der Waals surface area (Å²) >= 11 is 6.18. The van der Waals surface area contributed by atoms with Crippen molar-refractivity contribution in [3.63, 3.8) is 0 Å². The first-order chi connectivity index (χ1) is 19.5. The molecule has 0 aliphatic carbocycles. The minimum atomic E-state index is -0.648. The van der Waals surface area contributed by atoms with Crippen molar-refractivity contribution in [2.24, 2.45) is 0 Å². The van der Waals surface area contributed by atoms with Gasteiger partial charge in [-0.3, -0.25) is 4.79 Å². The number of fused-ring (bicyclic) bond motifs is 1. The van der Waals surface area contributed by atoms with Crippen LogP contribution in [0.25, 0.3) is 22.5 Å². The highest BCUT2D eigenvalue weighted by Gasteiger charge is 2.29. The lowest BCUT2D eigenvalue weighted by atomic mass is 10.0. The molecule has 0 radical (unpaired) electrons. The molecule has 0 bridgehead atoms. The van der Waals surface area contributed by atoms with Gasteiger partial charge in [-0.2, -0.15) is 0 Å². The van der Waals surface area contributed by atoms with Crippen LogP contribution >= 0.6 is 11.6 Å². The number of aliphatic hydroxyl groups excluding tert-OH is 1. The SMILES string of the molecule is Cc1ccc(-c2nc3c(nc2-c2ccc(Cl)cc2)N(CCCCCCC(=O)Nc2ccccc2)CCC3O)cc1. The van der Waals surface area contributed by atoms with E-state index in [0.717, 1.165) is 72.8 Å². The number of anilines is 2. The third-order valence-electron chi connectivity index (χ3n) is 7.27. The molecule has 5 rings (SSSR count). The summed E-state index contributed by atoms with van der Waals surface area (Å²) in [5.41, 5.74) is 6.08. The first kappa shape index (κ1) is 27.8. The zero-order valence-corrected chi connectivity index (χ0v) is 23.6. The number of unbranched alkanes of at least 4 members (excludes halogenated alkanes) is 3. The molecule has 3 aromatic carbocycles. The Kier molecular flexibility index (Phi) is 9.09. The lowest BCUT2D eigenvalue weighted by molar-refractivity contribution is -0.116. The highest BCUT2D eigenvalue weighted by atomic mass is 35.5. The van der Waals surface area contributed by atoms with Crippen LogP contribution < -0.4 is 10.2 Å². The molecule has 1 aromatic heterocycles. The molecule has 1 atom stereocenters. The van der Waals surface area contributed by atoms with Crippen LogP contribution in [0.2, 0.25) is 5.02 Å². The zero-order valence-electron chi connectivity index (χ0n) is 22.8. The Labute approximate surface area is 241 Å². The fourth-order valence-corrected chi connectivity index (χ4v) is 5.17. The summed E-state index contributed by atoms with van der Waals surface area (Å²) in [6, 6.07) is 25.5. The van der Waals surface area contributed by atoms with Gasteiger partial charge in [0.05, 0.1) is 11.4 Å². The van der Waals surface area contributed by atoms with Crippen molar-refractivity contribution in [3.05, 3.63) is 95.1 Å². The van der Waals surface area contributed by atoms with Crippen LogP contribution in [0.5, 0.6) is 0 Å². The van der Waals surface area contributed by atoms with Crippen molar-refractivity contribution in [1.29, 1.82) is 0 Å². The number of carbonyl (C=O) groups excluding carboxylic acids is 1. The molecular formula is C33H35ClN4O2. The average Bonchev–Trinajstić information content (AvgIpc) is 2.97. The maximum absolute atomic E-state index is 12.2. The molecule has 40 heavy (non-hydrogen) atoms. The van der Waals surface area contributed by atoms with Gasteiger partial charge in [0.15, 0.2) is 5.82 Å². The molecule has 0 saturated carbocycles. The molecule has 1 unspecified atom stereocenters. The number of nitrogens with one attached hydrogen (secondary N) is 1. The molecule has 2 heterocycles. The van der Waals surface area contributed by atoms with Gasteiger partial charge in [-0.1, -0.05) is 84.6 Å². The maximum Gasteiger partial charge on any atom is 0.224 e. The van der Waals surface area contributed by atoms with E-state index in [0.29, 0.717) is 23.6 Å². The molecule has 4 aromatic rings. The summed E-state index contributed by atoms with van der Waals surface area (Å²) in [6.45, 7) is 3.62. The van der Waals surface area contributed by atoms with Crippen LogP contribution in [-0.4, -0.2) is 34.1 Å². The van der Waals surface area contributed by atoms with Crippen LogP contribution in [0.1, 0.15) is 55.9 Å². The van der Waals surface area contributed by atoms with E-state index in [-0.39, 0.29) is 5.91 Å². The van der Waals surface area contributed by atoms with Crippen molar-refractivity contribution in [3.8, 4) is 22.5 Å². The average molecular weight is 555 g/mol. The number of aryl methyl sites for hydroxylation is 1. The van der Waals surface area contributed by atoms with Crippen molar-refractivity contribution in [1.82, 2.24) is 9.97 Å². The quantitative estimate of drug-likeness (QED) is 0.197. The number of carbonyl (C=O) groups is 1. The molecule has 0 fully saturated rings. The Morgan fingerprint density at radius 2 is 1.55 bits per heavy atom. The van der Waals surface area contributed by atoms with E-state index in [1.54, 1.807) is 0 Å². The van der Waals surface area contributed by atoms with Crippen molar-refractivity contribution in [2.75, 3.05) is 23.3 Å². The molecule has 1 aliphatic rings. The van der Waals surface area contributed by atoms with E-state index in [2.05, 4.69) is 41.4 Å². The van der Waals surface area contributed by atoms with Gasteiger partial charge in [-0.15, -0.1) is 0 Å². The lowest BCUT2D eigenvalue weighted by Gasteiger charge is -2.33. The van der Waals surface area contributed by atoms with E-state index in [4.69, 9.17) is 21.6 Å². The second kappa shape index (κ2) is 13.1. The second-order valence-electron chi connectivity index (χ2n) is 10.4. The number of aromatic nitrogens is 2. The first-order valence-electron chi connectivity index (χ1n) is 14.0. The largest absolute Gasteiger partial charge is 0.387 e. The Balaban J connectivity index is 1.27. The van der Waals surface area contributed by atoms with Crippen LogP contribution in [0.4, 0.5) is 11.5 Å². The minimum Gasteiger partial charge on any atom is -0.387 e. The molecule has 1 amide bonds. The summed E-state index contributed by atoms with van der Waals surface area (Å²) in [5, 5.41) is 14.5. The van der Waals surface area contributed by atoms with Crippen LogP contribution in [0.3, 0.4) is 0 Å². The van der Waals surface area contributed by atoms with Crippen molar-refractivity contribution in [2.45, 2.75) is 51.6 Å². The van der Waals surface area contributed by atoms with E-state index in [1.807, 2.05) is 54.6 Å². The summed E-state index contributed by atoms with van der Waals surface area (Å²) in [6.07, 6.45) is 4.33. The molecule has 0 spiro atoms. The first-order valence-corrected chi connectivity index (χ1v) is 14.4.